The predicted octanol–water partition coefficient (Wildman–Crippen LogP) is 2.67. The minimum absolute atomic E-state index is 0.0811. The summed E-state index contributed by atoms with van der Waals surface area (Å²) in [5.74, 6) is -0.0811. The molecule has 0 unspecified atom stereocenters. The molecule has 0 aliphatic carbocycles. The van der Waals surface area contributed by atoms with Crippen LogP contribution in [0.2, 0.25) is 5.02 Å². The van der Waals surface area contributed by atoms with Gasteiger partial charge in [0.15, 0.2) is 0 Å². The van der Waals surface area contributed by atoms with Gasteiger partial charge in [-0.25, -0.2) is 0 Å². The summed E-state index contributed by atoms with van der Waals surface area (Å²) >= 11 is 8.00. The van der Waals surface area contributed by atoms with Gasteiger partial charge >= 0.3 is 0 Å². The summed E-state index contributed by atoms with van der Waals surface area (Å²) in [6, 6.07) is 5.73. The summed E-state index contributed by atoms with van der Waals surface area (Å²) in [6.45, 7) is 5.52. The molecule has 1 rings (SSSR count). The number of amides is 1. The summed E-state index contributed by atoms with van der Waals surface area (Å²) in [6.07, 6.45) is 0. The van der Waals surface area contributed by atoms with E-state index in [0.717, 1.165) is 10.1 Å². The average molecular weight is 367 g/mol. The summed E-state index contributed by atoms with van der Waals surface area (Å²) in [5.41, 5.74) is 0.627. The SMILES string of the molecule is CC(C)NCCNC(=O)c1cc(Cl)ccc1I. The van der Waals surface area contributed by atoms with Crippen LogP contribution < -0.4 is 10.6 Å². The normalized spacial score (nSPS) is 10.6. The molecule has 0 aromatic heterocycles. The molecule has 2 N–H and O–H groups in total. The van der Waals surface area contributed by atoms with Crippen LogP contribution in [0.15, 0.2) is 18.2 Å². The summed E-state index contributed by atoms with van der Waals surface area (Å²) < 4.78 is 0.904. The van der Waals surface area contributed by atoms with E-state index >= 15 is 0 Å². The fourth-order valence-electron chi connectivity index (χ4n) is 1.30. The Morgan fingerprint density at radius 2 is 2.12 bits per heavy atom. The largest absolute Gasteiger partial charge is 0.351 e. The highest BCUT2D eigenvalue weighted by atomic mass is 127. The standard InChI is InChI=1S/C12H16ClIN2O/c1-8(2)15-5-6-16-12(17)10-7-9(13)3-4-11(10)14/h3-4,7-8,15H,5-6H2,1-2H3,(H,16,17). The Bertz CT molecular complexity index is 396. The second-order valence-corrected chi connectivity index (χ2v) is 5.59. The summed E-state index contributed by atoms with van der Waals surface area (Å²) in [5, 5.41) is 6.67. The second-order valence-electron chi connectivity index (χ2n) is 3.99. The van der Waals surface area contributed by atoms with E-state index in [1.165, 1.54) is 0 Å². The number of carbonyl (C=O) groups excluding carboxylic acids is 1. The topological polar surface area (TPSA) is 41.1 Å². The van der Waals surface area contributed by atoms with Crippen molar-refractivity contribution in [2.45, 2.75) is 19.9 Å². The van der Waals surface area contributed by atoms with Crippen LogP contribution in [0.1, 0.15) is 24.2 Å². The molecule has 1 aromatic rings. The third kappa shape index (κ3) is 5.23. The number of nitrogens with one attached hydrogen (secondary N) is 2. The van der Waals surface area contributed by atoms with Gasteiger partial charge in [0.25, 0.3) is 5.91 Å². The fourth-order valence-corrected chi connectivity index (χ4v) is 2.06. The van der Waals surface area contributed by atoms with Gasteiger partial charge in [-0.3, -0.25) is 4.79 Å². The van der Waals surface area contributed by atoms with Crippen molar-refractivity contribution in [3.05, 3.63) is 32.4 Å². The van der Waals surface area contributed by atoms with Gasteiger partial charge in [0.05, 0.1) is 5.56 Å². The highest BCUT2D eigenvalue weighted by molar-refractivity contribution is 14.1. The van der Waals surface area contributed by atoms with E-state index in [4.69, 9.17) is 11.6 Å². The van der Waals surface area contributed by atoms with Crippen LogP contribution in [0, 0.1) is 3.57 Å². The van der Waals surface area contributed by atoms with Gasteiger partial charge in [0, 0.05) is 27.7 Å². The predicted molar refractivity (Wildman–Crippen MR) is 79.6 cm³/mol. The Morgan fingerprint density at radius 1 is 1.41 bits per heavy atom. The van der Waals surface area contributed by atoms with Gasteiger partial charge < -0.3 is 10.6 Å². The number of halogens is 2. The van der Waals surface area contributed by atoms with Gasteiger partial charge in [-0.2, -0.15) is 0 Å². The molecule has 0 saturated carbocycles. The van der Waals surface area contributed by atoms with Crippen LogP contribution >= 0.6 is 34.2 Å². The number of benzene rings is 1. The molecule has 0 bridgehead atoms. The smallest absolute Gasteiger partial charge is 0.252 e. The number of carbonyl (C=O) groups is 1. The Kier molecular flexibility index (Phi) is 6.22. The van der Waals surface area contributed by atoms with Crippen LogP contribution in [0.3, 0.4) is 0 Å². The molecule has 0 atom stereocenters. The lowest BCUT2D eigenvalue weighted by Crippen LogP contribution is -2.34. The molecule has 94 valence electrons. The van der Waals surface area contributed by atoms with Crippen LogP contribution in [0.4, 0.5) is 0 Å². The van der Waals surface area contributed by atoms with E-state index in [-0.39, 0.29) is 5.91 Å². The first-order valence-corrected chi connectivity index (χ1v) is 6.93. The number of hydrogen-bond acceptors (Lipinski definition) is 2. The highest BCUT2D eigenvalue weighted by Gasteiger charge is 2.09. The third-order valence-corrected chi connectivity index (χ3v) is 3.31. The zero-order chi connectivity index (χ0) is 12.8. The molecule has 0 fully saturated rings. The quantitative estimate of drug-likeness (QED) is 0.621. The first-order chi connectivity index (χ1) is 8.00. The van der Waals surface area contributed by atoms with E-state index in [9.17, 15) is 4.79 Å². The fraction of sp³-hybridized carbons (Fsp3) is 0.417. The maximum atomic E-state index is 11.9. The number of hydrogen-bond donors (Lipinski definition) is 2. The molecule has 1 aromatic carbocycles. The van der Waals surface area contributed by atoms with Gasteiger partial charge in [0.1, 0.15) is 0 Å². The maximum Gasteiger partial charge on any atom is 0.252 e. The van der Waals surface area contributed by atoms with Crippen molar-refractivity contribution >= 4 is 40.1 Å². The molecular formula is C12H16ClIN2O. The van der Waals surface area contributed by atoms with Crippen molar-refractivity contribution < 1.29 is 4.79 Å². The van der Waals surface area contributed by atoms with Crippen molar-refractivity contribution in [2.75, 3.05) is 13.1 Å². The van der Waals surface area contributed by atoms with Crippen LogP contribution in [0.25, 0.3) is 0 Å². The molecule has 5 heteroatoms. The molecule has 0 saturated heterocycles. The van der Waals surface area contributed by atoms with Crippen LogP contribution in [0.5, 0.6) is 0 Å². The molecule has 0 aliphatic heterocycles. The van der Waals surface area contributed by atoms with Gasteiger partial charge in [0.2, 0.25) is 0 Å². The lowest BCUT2D eigenvalue weighted by atomic mass is 10.2. The molecule has 1 amide bonds. The average Bonchev–Trinajstić information content (AvgIpc) is 2.27. The zero-order valence-electron chi connectivity index (χ0n) is 9.89. The minimum atomic E-state index is -0.0811. The Morgan fingerprint density at radius 3 is 2.76 bits per heavy atom. The molecular weight excluding hydrogens is 351 g/mol. The monoisotopic (exact) mass is 366 g/mol. The summed E-state index contributed by atoms with van der Waals surface area (Å²) in [7, 11) is 0. The molecule has 17 heavy (non-hydrogen) atoms. The Balaban J connectivity index is 2.49. The molecule has 0 spiro atoms. The first kappa shape index (κ1) is 14.7. The van der Waals surface area contributed by atoms with E-state index in [0.29, 0.717) is 23.2 Å². The zero-order valence-corrected chi connectivity index (χ0v) is 12.8. The highest BCUT2D eigenvalue weighted by Crippen LogP contribution is 2.17. The molecule has 0 heterocycles. The van der Waals surface area contributed by atoms with E-state index < -0.39 is 0 Å². The van der Waals surface area contributed by atoms with Crippen LogP contribution in [-0.2, 0) is 0 Å². The summed E-state index contributed by atoms with van der Waals surface area (Å²) in [4.78, 5) is 11.9. The van der Waals surface area contributed by atoms with Crippen molar-refractivity contribution in [3.8, 4) is 0 Å². The Labute approximate surface area is 120 Å². The number of rotatable bonds is 5. The molecule has 0 aliphatic rings. The van der Waals surface area contributed by atoms with Crippen molar-refractivity contribution in [1.82, 2.24) is 10.6 Å². The van der Waals surface area contributed by atoms with Crippen LogP contribution in [-0.4, -0.2) is 25.0 Å². The minimum Gasteiger partial charge on any atom is -0.351 e. The lowest BCUT2D eigenvalue weighted by Gasteiger charge is -2.10. The third-order valence-electron chi connectivity index (χ3n) is 2.14. The first-order valence-electron chi connectivity index (χ1n) is 5.47. The van der Waals surface area contributed by atoms with Crippen molar-refractivity contribution in [1.29, 1.82) is 0 Å². The van der Waals surface area contributed by atoms with E-state index in [2.05, 4.69) is 47.1 Å². The van der Waals surface area contributed by atoms with Gasteiger partial charge in [-0.1, -0.05) is 25.4 Å². The lowest BCUT2D eigenvalue weighted by molar-refractivity contribution is 0.0953. The van der Waals surface area contributed by atoms with Crippen molar-refractivity contribution in [3.63, 3.8) is 0 Å². The van der Waals surface area contributed by atoms with Gasteiger partial charge in [-0.05, 0) is 40.8 Å². The van der Waals surface area contributed by atoms with Gasteiger partial charge in [-0.15, -0.1) is 0 Å². The van der Waals surface area contributed by atoms with Crippen molar-refractivity contribution in [2.24, 2.45) is 0 Å². The maximum absolute atomic E-state index is 11.9. The molecule has 3 nitrogen and oxygen atoms in total. The van der Waals surface area contributed by atoms with E-state index in [1.54, 1.807) is 12.1 Å². The Hall–Kier alpha value is -0.330. The van der Waals surface area contributed by atoms with E-state index in [1.807, 2.05) is 6.07 Å². The molecule has 0 radical (unpaired) electrons. The second kappa shape index (κ2) is 7.18.